The molecule has 3 rings (SSSR count). The van der Waals surface area contributed by atoms with Gasteiger partial charge in [-0.2, -0.15) is 0 Å². The molecule has 24 heavy (non-hydrogen) atoms. The number of hydrogen-bond donors (Lipinski definition) is 1. The molecule has 2 aliphatic rings. The van der Waals surface area contributed by atoms with Crippen molar-refractivity contribution in [2.24, 2.45) is 5.92 Å². The van der Waals surface area contributed by atoms with Gasteiger partial charge >= 0.3 is 5.97 Å². The highest BCUT2D eigenvalue weighted by molar-refractivity contribution is 6.14. The lowest BCUT2D eigenvalue weighted by molar-refractivity contribution is -0.152. The highest BCUT2D eigenvalue weighted by Crippen LogP contribution is 2.52. The van der Waals surface area contributed by atoms with Gasteiger partial charge < -0.3 is 4.74 Å². The molecule has 1 N–H and O–H groups in total. The van der Waals surface area contributed by atoms with Crippen molar-refractivity contribution in [1.29, 1.82) is 0 Å². The molecule has 0 saturated heterocycles. The molecule has 1 heterocycles. The first kappa shape index (κ1) is 16.4. The molecule has 2 atom stereocenters. The van der Waals surface area contributed by atoms with Crippen LogP contribution in [0.5, 0.6) is 5.75 Å². The predicted octanol–water partition coefficient (Wildman–Crippen LogP) is 1.84. The number of rotatable bonds is 4. The van der Waals surface area contributed by atoms with Crippen LogP contribution >= 0.6 is 0 Å². The van der Waals surface area contributed by atoms with Crippen LogP contribution in [0.15, 0.2) is 36.0 Å². The topological polar surface area (TPSA) is 81.7 Å². The van der Waals surface area contributed by atoms with Gasteiger partial charge in [0.1, 0.15) is 17.5 Å². The number of para-hydroxylation sites is 1. The van der Waals surface area contributed by atoms with E-state index < -0.39 is 23.1 Å². The Hall–Kier alpha value is -2.47. The molecule has 6 heteroatoms. The fraction of sp³-hybridized carbons (Fsp3) is 0.389. The van der Waals surface area contributed by atoms with Crippen LogP contribution in [-0.4, -0.2) is 24.1 Å². The van der Waals surface area contributed by atoms with Crippen LogP contribution < -0.4 is 10.2 Å². The third-order valence-electron chi connectivity index (χ3n) is 4.57. The number of carbonyl (C=O) groups is 3. The predicted molar refractivity (Wildman–Crippen MR) is 85.0 cm³/mol. The van der Waals surface area contributed by atoms with E-state index in [-0.39, 0.29) is 18.6 Å². The molecule has 0 amide bonds. The van der Waals surface area contributed by atoms with E-state index in [1.807, 2.05) is 6.92 Å². The number of hydroxylamine groups is 1. The summed E-state index contributed by atoms with van der Waals surface area (Å²) in [7, 11) is 0. The van der Waals surface area contributed by atoms with Gasteiger partial charge in [0, 0.05) is 17.7 Å². The van der Waals surface area contributed by atoms with Crippen LogP contribution in [0.4, 0.5) is 0 Å². The van der Waals surface area contributed by atoms with Gasteiger partial charge in [0.25, 0.3) is 0 Å². The van der Waals surface area contributed by atoms with Crippen molar-refractivity contribution in [2.75, 3.05) is 6.61 Å². The Kier molecular flexibility index (Phi) is 4.24. The molecule has 0 bridgehead atoms. The zero-order valence-electron chi connectivity index (χ0n) is 13.6. The van der Waals surface area contributed by atoms with Crippen molar-refractivity contribution >= 4 is 17.5 Å². The Morgan fingerprint density at radius 3 is 2.83 bits per heavy atom. The zero-order valence-corrected chi connectivity index (χ0v) is 13.6. The Bertz CT molecular complexity index is 739. The van der Waals surface area contributed by atoms with Crippen LogP contribution in [0.3, 0.4) is 0 Å². The quantitative estimate of drug-likeness (QED) is 0.393. The molecule has 0 spiro atoms. The van der Waals surface area contributed by atoms with Gasteiger partial charge in [0.05, 0.1) is 18.4 Å². The zero-order chi connectivity index (χ0) is 17.3. The van der Waals surface area contributed by atoms with Crippen molar-refractivity contribution in [3.05, 3.63) is 41.6 Å². The first-order valence-electron chi connectivity index (χ1n) is 7.94. The lowest BCUT2D eigenvalue weighted by Gasteiger charge is -2.46. The first-order valence-corrected chi connectivity index (χ1v) is 7.94. The Morgan fingerprint density at radius 2 is 2.12 bits per heavy atom. The van der Waals surface area contributed by atoms with Gasteiger partial charge in [-0.25, -0.2) is 0 Å². The number of allylic oxidation sites excluding steroid dienone is 2. The van der Waals surface area contributed by atoms with E-state index in [0.717, 1.165) is 0 Å². The second-order valence-electron chi connectivity index (χ2n) is 5.92. The fourth-order valence-corrected chi connectivity index (χ4v) is 3.67. The Labute approximate surface area is 139 Å². The number of fused-ring (bicyclic) bond motifs is 3. The third kappa shape index (κ3) is 2.34. The number of benzene rings is 1. The van der Waals surface area contributed by atoms with Gasteiger partial charge in [-0.05, 0) is 19.9 Å². The van der Waals surface area contributed by atoms with Crippen LogP contribution in [0.2, 0.25) is 0 Å². The van der Waals surface area contributed by atoms with Gasteiger partial charge in [-0.1, -0.05) is 24.3 Å². The number of ketones is 2. The maximum atomic E-state index is 12.6. The number of ether oxygens (including phenoxy) is 1. The van der Waals surface area contributed by atoms with Crippen LogP contribution in [0.1, 0.15) is 32.3 Å². The largest absolute Gasteiger partial charge is 0.426 e. The number of hydrogen-bond acceptors (Lipinski definition) is 6. The summed E-state index contributed by atoms with van der Waals surface area (Å²) in [5, 5.41) is 0. The monoisotopic (exact) mass is 329 g/mol. The SMILES string of the molecule is CC=C(NOCC)C12CC(=O)CC(=O)C1C(=O)Oc1ccccc12. The molecule has 2 unspecified atom stereocenters. The summed E-state index contributed by atoms with van der Waals surface area (Å²) in [6.45, 7) is 3.99. The molecule has 1 saturated carbocycles. The summed E-state index contributed by atoms with van der Waals surface area (Å²) >= 11 is 0. The summed E-state index contributed by atoms with van der Waals surface area (Å²) in [4.78, 5) is 42.7. The maximum absolute atomic E-state index is 12.6. The molecule has 0 aromatic heterocycles. The normalized spacial score (nSPS) is 26.5. The Balaban J connectivity index is 2.25. The fourth-order valence-electron chi connectivity index (χ4n) is 3.67. The molecule has 126 valence electrons. The van der Waals surface area contributed by atoms with E-state index in [1.165, 1.54) is 0 Å². The minimum Gasteiger partial charge on any atom is -0.426 e. The molecule has 1 fully saturated rings. The van der Waals surface area contributed by atoms with E-state index in [0.29, 0.717) is 23.6 Å². The standard InChI is InChI=1S/C18H19NO5/c1-3-15(19-23-4-2)18-10-11(20)9-13(21)16(18)17(22)24-14-8-6-5-7-12(14)18/h3,5-8,16,19H,4,9-10H2,1-2H3. The van der Waals surface area contributed by atoms with E-state index in [1.54, 1.807) is 37.3 Å². The summed E-state index contributed by atoms with van der Waals surface area (Å²) in [6, 6.07) is 7.01. The molecular formula is C18H19NO5. The second kappa shape index (κ2) is 6.20. The highest BCUT2D eigenvalue weighted by atomic mass is 16.6. The summed E-state index contributed by atoms with van der Waals surface area (Å²) in [6.07, 6.45) is 1.55. The van der Waals surface area contributed by atoms with Gasteiger partial charge in [-0.15, -0.1) is 0 Å². The van der Waals surface area contributed by atoms with Crippen molar-refractivity contribution in [3.8, 4) is 5.75 Å². The second-order valence-corrected chi connectivity index (χ2v) is 5.92. The molecule has 1 aromatic carbocycles. The van der Waals surface area contributed by atoms with Crippen molar-refractivity contribution < 1.29 is 24.0 Å². The minimum absolute atomic E-state index is 0.0509. The molecule has 0 radical (unpaired) electrons. The summed E-state index contributed by atoms with van der Waals surface area (Å²) in [5.74, 6) is -1.91. The van der Waals surface area contributed by atoms with Crippen LogP contribution in [0, 0.1) is 5.92 Å². The van der Waals surface area contributed by atoms with Crippen molar-refractivity contribution in [3.63, 3.8) is 0 Å². The van der Waals surface area contributed by atoms with Crippen molar-refractivity contribution in [1.82, 2.24) is 5.48 Å². The average Bonchev–Trinajstić information content (AvgIpc) is 2.54. The minimum atomic E-state index is -1.11. The number of Topliss-reactive ketones (excluding diaryl/α,β-unsaturated/α-hetero) is 2. The average molecular weight is 329 g/mol. The van der Waals surface area contributed by atoms with Crippen LogP contribution in [0.25, 0.3) is 0 Å². The maximum Gasteiger partial charge on any atom is 0.323 e. The highest BCUT2D eigenvalue weighted by Gasteiger charge is 2.59. The molecule has 1 aromatic rings. The van der Waals surface area contributed by atoms with E-state index in [2.05, 4.69) is 5.48 Å². The lowest BCUT2D eigenvalue weighted by atomic mass is 9.58. The number of esters is 1. The third-order valence-corrected chi connectivity index (χ3v) is 4.57. The summed E-state index contributed by atoms with van der Waals surface area (Å²) < 4.78 is 5.36. The Morgan fingerprint density at radius 1 is 1.38 bits per heavy atom. The van der Waals surface area contributed by atoms with Crippen LogP contribution in [-0.2, 0) is 24.6 Å². The van der Waals surface area contributed by atoms with E-state index in [4.69, 9.17) is 9.57 Å². The summed E-state index contributed by atoms with van der Waals surface area (Å²) in [5.41, 5.74) is 2.90. The van der Waals surface area contributed by atoms with E-state index >= 15 is 0 Å². The number of carbonyl (C=O) groups excluding carboxylic acids is 3. The smallest absolute Gasteiger partial charge is 0.323 e. The molecule has 1 aliphatic carbocycles. The molecule has 6 nitrogen and oxygen atoms in total. The molecule has 1 aliphatic heterocycles. The number of nitrogens with one attached hydrogen (secondary N) is 1. The van der Waals surface area contributed by atoms with Gasteiger partial charge in [0.15, 0.2) is 5.78 Å². The lowest BCUT2D eigenvalue weighted by Crippen LogP contribution is -2.57. The van der Waals surface area contributed by atoms with E-state index in [9.17, 15) is 14.4 Å². The van der Waals surface area contributed by atoms with Gasteiger partial charge in [-0.3, -0.25) is 24.7 Å². The first-order chi connectivity index (χ1) is 11.5. The van der Waals surface area contributed by atoms with Gasteiger partial charge in [0.2, 0.25) is 0 Å². The molecular weight excluding hydrogens is 310 g/mol. The van der Waals surface area contributed by atoms with Crippen molar-refractivity contribution in [2.45, 2.75) is 32.1 Å².